The Hall–Kier alpha value is -3.56. The molecule has 9 heteroatoms. The molecule has 224 valence electrons. The number of benzene rings is 2. The molecule has 2 aromatic carbocycles. The first-order valence-corrected chi connectivity index (χ1v) is 15.3. The van der Waals surface area contributed by atoms with Crippen LogP contribution in [0, 0.1) is 12.7 Å². The first-order chi connectivity index (χ1) is 19.9. The fraction of sp³-hybridized carbons (Fsp3) is 0.394. The average molecular weight is 594 g/mol. The van der Waals surface area contributed by atoms with E-state index in [4.69, 9.17) is 9.47 Å². The number of hydrogen-bond donors (Lipinski definition) is 1. The molecule has 7 nitrogen and oxygen atoms in total. The van der Waals surface area contributed by atoms with Crippen molar-refractivity contribution in [3.8, 4) is 16.9 Å². The van der Waals surface area contributed by atoms with E-state index in [1.807, 2.05) is 64.2 Å². The van der Waals surface area contributed by atoms with Crippen molar-refractivity contribution in [1.29, 1.82) is 0 Å². The smallest absolute Gasteiger partial charge is 0.310 e. The van der Waals surface area contributed by atoms with Gasteiger partial charge in [-0.25, -0.2) is 13.3 Å². The normalized spacial score (nSPS) is 12.6. The number of nitrogens with one attached hydrogen (secondary N) is 1. The number of pyridine rings is 1. The van der Waals surface area contributed by atoms with Gasteiger partial charge in [0.05, 0.1) is 41.0 Å². The minimum absolute atomic E-state index is 0.0408. The Morgan fingerprint density at radius 3 is 2.57 bits per heavy atom. The number of esters is 1. The van der Waals surface area contributed by atoms with Crippen molar-refractivity contribution in [3.63, 3.8) is 0 Å². The second-order valence-electron chi connectivity index (χ2n) is 11.6. The highest BCUT2D eigenvalue weighted by molar-refractivity contribution is 7.84. The number of ether oxygens (including phenoxy) is 2. The summed E-state index contributed by atoms with van der Waals surface area (Å²) in [5.41, 5.74) is 4.90. The fourth-order valence-electron chi connectivity index (χ4n) is 4.72. The van der Waals surface area contributed by atoms with Crippen LogP contribution < -0.4 is 9.46 Å². The Bertz CT molecular complexity index is 1610. The van der Waals surface area contributed by atoms with Crippen molar-refractivity contribution in [2.75, 3.05) is 6.61 Å². The third-order valence-electron chi connectivity index (χ3n) is 6.89. The van der Waals surface area contributed by atoms with E-state index in [9.17, 15) is 9.00 Å². The SMILES string of the molecule is CCOC(=O)Cc1ccc(C)cc1OCc1cc(-c2ccnc(CN[S@@](=O)C(C)(C)C)c2F)c2ccn(C(C)C)c2c1. The van der Waals surface area contributed by atoms with E-state index < -0.39 is 21.5 Å². The highest BCUT2D eigenvalue weighted by atomic mass is 32.2. The lowest BCUT2D eigenvalue weighted by Gasteiger charge is -2.18. The quantitative estimate of drug-likeness (QED) is 0.190. The minimum atomic E-state index is -1.36. The molecular weight excluding hydrogens is 553 g/mol. The largest absolute Gasteiger partial charge is 0.489 e. The molecule has 0 aliphatic carbocycles. The number of fused-ring (bicyclic) bond motifs is 1. The average Bonchev–Trinajstić information content (AvgIpc) is 3.36. The summed E-state index contributed by atoms with van der Waals surface area (Å²) in [6, 6.07) is 13.6. The van der Waals surface area contributed by atoms with Crippen molar-refractivity contribution in [2.24, 2.45) is 0 Å². The minimum Gasteiger partial charge on any atom is -0.489 e. The lowest BCUT2D eigenvalue weighted by Crippen LogP contribution is -2.33. The summed E-state index contributed by atoms with van der Waals surface area (Å²) in [4.78, 5) is 16.4. The summed E-state index contributed by atoms with van der Waals surface area (Å²) >= 11 is 0. The van der Waals surface area contributed by atoms with Gasteiger partial charge >= 0.3 is 5.97 Å². The number of carbonyl (C=O) groups is 1. The van der Waals surface area contributed by atoms with Gasteiger partial charge in [-0.3, -0.25) is 9.78 Å². The number of halogens is 1. The molecule has 0 aliphatic heterocycles. The predicted octanol–water partition coefficient (Wildman–Crippen LogP) is 6.97. The van der Waals surface area contributed by atoms with Gasteiger partial charge in [0, 0.05) is 40.5 Å². The molecule has 2 aromatic heterocycles. The summed E-state index contributed by atoms with van der Waals surface area (Å²) in [5, 5.41) is 0.910. The molecule has 1 N–H and O–H groups in total. The van der Waals surface area contributed by atoms with Crippen LogP contribution >= 0.6 is 0 Å². The van der Waals surface area contributed by atoms with Gasteiger partial charge < -0.3 is 14.0 Å². The highest BCUT2D eigenvalue weighted by Gasteiger charge is 2.22. The Kier molecular flexibility index (Phi) is 9.84. The van der Waals surface area contributed by atoms with Crippen LogP contribution in [0.2, 0.25) is 0 Å². The van der Waals surface area contributed by atoms with E-state index in [2.05, 4.69) is 34.2 Å². The maximum absolute atomic E-state index is 16.0. The van der Waals surface area contributed by atoms with Crippen LogP contribution in [0.25, 0.3) is 22.0 Å². The lowest BCUT2D eigenvalue weighted by atomic mass is 9.98. The molecule has 0 saturated heterocycles. The predicted molar refractivity (Wildman–Crippen MR) is 166 cm³/mol. The van der Waals surface area contributed by atoms with Gasteiger partial charge in [0.25, 0.3) is 0 Å². The van der Waals surface area contributed by atoms with Gasteiger partial charge in [0.2, 0.25) is 0 Å². The van der Waals surface area contributed by atoms with E-state index in [0.717, 1.165) is 33.2 Å². The van der Waals surface area contributed by atoms with Gasteiger partial charge in [-0.2, -0.15) is 0 Å². The molecule has 0 unspecified atom stereocenters. The van der Waals surface area contributed by atoms with Crippen LogP contribution in [-0.4, -0.2) is 31.1 Å². The van der Waals surface area contributed by atoms with Gasteiger partial charge in [0.15, 0.2) is 5.82 Å². The van der Waals surface area contributed by atoms with Crippen LogP contribution in [0.15, 0.2) is 54.9 Å². The number of hydrogen-bond acceptors (Lipinski definition) is 5. The number of nitrogens with zero attached hydrogens (tertiary/aromatic N) is 2. The summed E-state index contributed by atoms with van der Waals surface area (Å²) in [5.74, 6) is -0.156. The van der Waals surface area contributed by atoms with Gasteiger partial charge in [-0.05, 0) is 95.5 Å². The van der Waals surface area contributed by atoms with Gasteiger partial charge in [-0.15, -0.1) is 0 Å². The molecule has 2 heterocycles. The zero-order valence-electron chi connectivity index (χ0n) is 25.4. The summed E-state index contributed by atoms with van der Waals surface area (Å²) in [6.45, 7) is 14.1. The molecule has 0 aliphatic rings. The van der Waals surface area contributed by atoms with Gasteiger partial charge in [0.1, 0.15) is 12.4 Å². The van der Waals surface area contributed by atoms with E-state index >= 15 is 4.39 Å². The van der Waals surface area contributed by atoms with Crippen molar-refractivity contribution >= 4 is 27.9 Å². The van der Waals surface area contributed by atoms with Crippen LogP contribution in [-0.2, 0) is 40.1 Å². The first kappa shape index (κ1) is 31.4. The third kappa shape index (κ3) is 7.25. The second-order valence-corrected chi connectivity index (χ2v) is 13.6. The molecule has 0 radical (unpaired) electrons. The number of carbonyl (C=O) groups excluding carboxylic acids is 1. The summed E-state index contributed by atoms with van der Waals surface area (Å²) in [7, 11) is -1.36. The molecule has 0 amide bonds. The molecule has 0 fully saturated rings. The van der Waals surface area contributed by atoms with Crippen LogP contribution in [0.1, 0.15) is 70.0 Å². The Morgan fingerprint density at radius 2 is 1.88 bits per heavy atom. The van der Waals surface area contributed by atoms with E-state index in [0.29, 0.717) is 17.9 Å². The van der Waals surface area contributed by atoms with Crippen LogP contribution in [0.5, 0.6) is 5.75 Å². The number of aryl methyl sites for hydroxylation is 1. The van der Waals surface area contributed by atoms with Crippen LogP contribution in [0.4, 0.5) is 4.39 Å². The topological polar surface area (TPSA) is 82.5 Å². The number of aromatic nitrogens is 2. The highest BCUT2D eigenvalue weighted by Crippen LogP contribution is 2.35. The zero-order valence-corrected chi connectivity index (χ0v) is 26.2. The third-order valence-corrected chi connectivity index (χ3v) is 8.41. The van der Waals surface area contributed by atoms with E-state index in [1.54, 1.807) is 19.2 Å². The zero-order chi connectivity index (χ0) is 30.6. The maximum atomic E-state index is 16.0. The van der Waals surface area contributed by atoms with Gasteiger partial charge in [-0.1, -0.05) is 12.1 Å². The summed E-state index contributed by atoms with van der Waals surface area (Å²) < 4.78 is 44.5. The lowest BCUT2D eigenvalue weighted by molar-refractivity contribution is -0.142. The maximum Gasteiger partial charge on any atom is 0.310 e. The number of rotatable bonds is 11. The molecule has 0 saturated carbocycles. The van der Waals surface area contributed by atoms with Crippen LogP contribution in [0.3, 0.4) is 0 Å². The Labute approximate surface area is 250 Å². The van der Waals surface area contributed by atoms with Crippen molar-refractivity contribution in [2.45, 2.75) is 78.8 Å². The molecule has 0 spiro atoms. The molecule has 0 bridgehead atoms. The standard InChI is InChI=1S/C33H40FN3O4S/c1-8-40-31(38)18-24-10-9-22(4)15-30(24)41-20-23-16-27(25-12-14-37(21(2)3)29(25)17-23)26-11-13-35-28(32(26)34)19-36-42(39)33(5,6)7/h9-17,21,36H,8,18-20H2,1-7H3/t42-/m0/s1. The molecular formula is C33H40FN3O4S. The first-order valence-electron chi connectivity index (χ1n) is 14.2. The van der Waals surface area contributed by atoms with E-state index in [1.165, 1.54) is 0 Å². The second kappa shape index (κ2) is 13.2. The Balaban J connectivity index is 1.72. The van der Waals surface area contributed by atoms with Crippen molar-refractivity contribution in [1.82, 2.24) is 14.3 Å². The van der Waals surface area contributed by atoms with Crippen molar-refractivity contribution in [3.05, 3.63) is 83.1 Å². The summed E-state index contributed by atoms with van der Waals surface area (Å²) in [6.07, 6.45) is 3.71. The molecule has 4 aromatic rings. The molecule has 42 heavy (non-hydrogen) atoms. The molecule has 4 rings (SSSR count). The fourth-order valence-corrected chi connectivity index (χ4v) is 5.42. The van der Waals surface area contributed by atoms with E-state index in [-0.39, 0.29) is 37.3 Å². The Morgan fingerprint density at radius 1 is 1.12 bits per heavy atom. The monoisotopic (exact) mass is 593 g/mol. The van der Waals surface area contributed by atoms with Crippen molar-refractivity contribution < 1.29 is 22.9 Å². The molecule has 1 atom stereocenters.